The number of nitrogen functional groups attached to an aromatic ring is 1. The fourth-order valence-electron chi connectivity index (χ4n) is 4.31. The first-order valence-corrected chi connectivity index (χ1v) is 10.5. The normalized spacial score (nSPS) is 19.1. The van der Waals surface area contributed by atoms with Gasteiger partial charge in [0.15, 0.2) is 0 Å². The van der Waals surface area contributed by atoms with Gasteiger partial charge in [-0.3, -0.25) is 0 Å². The van der Waals surface area contributed by atoms with E-state index in [1.807, 2.05) is 0 Å². The zero-order chi connectivity index (χ0) is 21.3. The molecule has 4 rings (SSSR count). The van der Waals surface area contributed by atoms with Crippen LogP contribution in [0.25, 0.3) is 0 Å². The second kappa shape index (κ2) is 8.29. The molecule has 1 aliphatic carbocycles. The molecule has 1 aromatic carbocycles. The number of hydrogen-bond acceptors (Lipinski definition) is 6. The maximum atomic E-state index is 13.2. The summed E-state index contributed by atoms with van der Waals surface area (Å²) in [5, 5.41) is 6.46. The minimum atomic E-state index is -4.51. The third-order valence-corrected chi connectivity index (χ3v) is 5.76. The number of nitrogens with two attached hydrogens (primary N) is 1. The van der Waals surface area contributed by atoms with Crippen molar-refractivity contribution in [3.8, 4) is 0 Å². The van der Waals surface area contributed by atoms with Gasteiger partial charge in [0.1, 0.15) is 5.82 Å². The van der Waals surface area contributed by atoms with Gasteiger partial charge in [-0.2, -0.15) is 18.2 Å². The third kappa shape index (κ3) is 4.30. The molecule has 0 saturated carbocycles. The lowest BCUT2D eigenvalue weighted by molar-refractivity contribution is -0.136. The number of anilines is 4. The predicted octanol–water partition coefficient (Wildman–Crippen LogP) is 3.89. The minimum Gasteiger partial charge on any atom is -0.398 e. The Kier molecular flexibility index (Phi) is 5.73. The van der Waals surface area contributed by atoms with Crippen LogP contribution in [0.2, 0.25) is 0 Å². The maximum absolute atomic E-state index is 13.2. The lowest BCUT2D eigenvalue weighted by atomic mass is 9.96. The standard InChI is InChI=1S/C21H27F3N6/c1-2-26-14-9-10-30(12-14)19-15-5-3-4-6-18(15)28-20(29-19)27-13-7-8-17(25)16(11-13)21(22,23)24/h7-8,11,14,26H,2-6,9-10,12,25H2,1H3,(H,27,28,29)/t14-/m0/s1. The van der Waals surface area contributed by atoms with Crippen LogP contribution < -0.4 is 21.3 Å². The van der Waals surface area contributed by atoms with Crippen molar-refractivity contribution in [2.24, 2.45) is 0 Å². The van der Waals surface area contributed by atoms with Crippen molar-refractivity contribution in [2.75, 3.05) is 35.6 Å². The molecule has 6 nitrogen and oxygen atoms in total. The first-order chi connectivity index (χ1) is 14.3. The topological polar surface area (TPSA) is 79.1 Å². The highest BCUT2D eigenvalue weighted by molar-refractivity contribution is 5.64. The van der Waals surface area contributed by atoms with Crippen molar-refractivity contribution in [3.63, 3.8) is 0 Å². The van der Waals surface area contributed by atoms with E-state index >= 15 is 0 Å². The zero-order valence-corrected chi connectivity index (χ0v) is 17.0. The summed E-state index contributed by atoms with van der Waals surface area (Å²) in [6.07, 6.45) is 0.492. The lowest BCUT2D eigenvalue weighted by Gasteiger charge is -2.26. The number of hydrogen-bond donors (Lipinski definition) is 3. The average molecular weight is 420 g/mol. The van der Waals surface area contributed by atoms with Gasteiger partial charge in [0.25, 0.3) is 0 Å². The highest BCUT2D eigenvalue weighted by atomic mass is 19.4. The molecule has 0 amide bonds. The highest BCUT2D eigenvalue weighted by Crippen LogP contribution is 2.36. The predicted molar refractivity (Wildman–Crippen MR) is 112 cm³/mol. The molecule has 0 bridgehead atoms. The van der Waals surface area contributed by atoms with E-state index in [0.29, 0.717) is 12.0 Å². The summed E-state index contributed by atoms with van der Waals surface area (Å²) in [4.78, 5) is 11.6. The maximum Gasteiger partial charge on any atom is 0.418 e. The van der Waals surface area contributed by atoms with E-state index in [4.69, 9.17) is 10.7 Å². The molecule has 1 aromatic heterocycles. The van der Waals surface area contributed by atoms with Crippen LogP contribution in [0.4, 0.5) is 36.3 Å². The molecule has 162 valence electrons. The SMILES string of the molecule is CCN[C@H]1CCN(c2nc(Nc3ccc(N)c(C(F)(F)F)c3)nc3c2CCCC3)C1. The van der Waals surface area contributed by atoms with E-state index in [9.17, 15) is 13.2 Å². The highest BCUT2D eigenvalue weighted by Gasteiger charge is 2.33. The molecule has 1 atom stereocenters. The van der Waals surface area contributed by atoms with Gasteiger partial charge in [-0.1, -0.05) is 6.92 Å². The summed E-state index contributed by atoms with van der Waals surface area (Å²) >= 11 is 0. The van der Waals surface area contributed by atoms with Gasteiger partial charge in [-0.25, -0.2) is 4.98 Å². The van der Waals surface area contributed by atoms with Crippen LogP contribution in [0.15, 0.2) is 18.2 Å². The van der Waals surface area contributed by atoms with Crippen LogP contribution in [0, 0.1) is 0 Å². The van der Waals surface area contributed by atoms with Crippen molar-refractivity contribution in [3.05, 3.63) is 35.0 Å². The van der Waals surface area contributed by atoms with Crippen LogP contribution in [-0.2, 0) is 19.0 Å². The summed E-state index contributed by atoms with van der Waals surface area (Å²) in [5.41, 5.74) is 6.79. The van der Waals surface area contributed by atoms with Crippen LogP contribution in [0.5, 0.6) is 0 Å². The lowest BCUT2D eigenvalue weighted by Crippen LogP contribution is -2.33. The van der Waals surface area contributed by atoms with Crippen LogP contribution in [0.1, 0.15) is 43.0 Å². The molecular weight excluding hydrogens is 393 g/mol. The van der Waals surface area contributed by atoms with Crippen molar-refractivity contribution < 1.29 is 13.2 Å². The van der Waals surface area contributed by atoms with Crippen molar-refractivity contribution in [1.82, 2.24) is 15.3 Å². The summed E-state index contributed by atoms with van der Waals surface area (Å²) in [7, 11) is 0. The van der Waals surface area contributed by atoms with Gasteiger partial charge < -0.3 is 21.3 Å². The summed E-state index contributed by atoms with van der Waals surface area (Å²) in [6, 6.07) is 4.21. The number of benzene rings is 1. The van der Waals surface area contributed by atoms with E-state index in [2.05, 4.69) is 27.4 Å². The van der Waals surface area contributed by atoms with Crippen molar-refractivity contribution >= 4 is 23.1 Å². The first-order valence-electron chi connectivity index (χ1n) is 10.5. The molecule has 0 radical (unpaired) electrons. The number of nitrogens with one attached hydrogen (secondary N) is 2. The molecule has 2 aliphatic rings. The summed E-state index contributed by atoms with van der Waals surface area (Å²) in [6.45, 7) is 4.79. The molecule has 30 heavy (non-hydrogen) atoms. The van der Waals surface area contributed by atoms with Crippen LogP contribution in [0.3, 0.4) is 0 Å². The summed E-state index contributed by atoms with van der Waals surface area (Å²) in [5.74, 6) is 1.24. The Bertz CT molecular complexity index is 914. The minimum absolute atomic E-state index is 0.269. The van der Waals surface area contributed by atoms with E-state index in [-0.39, 0.29) is 11.4 Å². The first kappa shape index (κ1) is 20.7. The molecule has 1 saturated heterocycles. The molecule has 2 heterocycles. The van der Waals surface area contributed by atoms with Crippen molar-refractivity contribution in [2.45, 2.75) is 51.2 Å². The van der Waals surface area contributed by atoms with Gasteiger partial charge in [-0.05, 0) is 56.8 Å². The third-order valence-electron chi connectivity index (χ3n) is 5.76. The van der Waals surface area contributed by atoms with E-state index in [1.165, 1.54) is 17.7 Å². The number of rotatable bonds is 5. The van der Waals surface area contributed by atoms with Crippen LogP contribution >= 0.6 is 0 Å². The summed E-state index contributed by atoms with van der Waals surface area (Å²) < 4.78 is 39.6. The fourth-order valence-corrected chi connectivity index (χ4v) is 4.31. The molecular formula is C21H27F3N6. The van der Waals surface area contributed by atoms with Gasteiger partial charge in [0.05, 0.1) is 11.3 Å². The number of fused-ring (bicyclic) bond motifs is 1. The van der Waals surface area contributed by atoms with Gasteiger partial charge >= 0.3 is 6.18 Å². The monoisotopic (exact) mass is 420 g/mol. The van der Waals surface area contributed by atoms with Gasteiger partial charge in [0.2, 0.25) is 5.95 Å². The molecule has 9 heteroatoms. The Hall–Kier alpha value is -2.55. The van der Waals surface area contributed by atoms with E-state index in [1.54, 1.807) is 0 Å². The Labute approximate surface area is 174 Å². The average Bonchev–Trinajstić information content (AvgIpc) is 3.17. The quantitative estimate of drug-likeness (QED) is 0.637. The molecule has 2 aromatic rings. The molecule has 0 unspecified atom stereocenters. The van der Waals surface area contributed by atoms with E-state index < -0.39 is 11.7 Å². The molecule has 1 fully saturated rings. The number of aromatic nitrogens is 2. The second-order valence-electron chi connectivity index (χ2n) is 7.92. The molecule has 0 spiro atoms. The number of alkyl halides is 3. The Morgan fingerprint density at radius 2 is 2.00 bits per heavy atom. The van der Waals surface area contributed by atoms with E-state index in [0.717, 1.165) is 69.3 Å². The Morgan fingerprint density at radius 1 is 1.20 bits per heavy atom. The fraction of sp³-hybridized carbons (Fsp3) is 0.524. The number of halogens is 3. The number of aryl methyl sites for hydroxylation is 1. The molecule has 1 aliphatic heterocycles. The Morgan fingerprint density at radius 3 is 2.77 bits per heavy atom. The number of nitrogens with zero attached hydrogens (tertiary/aromatic N) is 3. The number of likely N-dealkylation sites (N-methyl/N-ethyl adjacent to an activating group) is 1. The smallest absolute Gasteiger partial charge is 0.398 e. The Balaban J connectivity index is 1.65. The van der Waals surface area contributed by atoms with Crippen molar-refractivity contribution in [1.29, 1.82) is 0 Å². The molecule has 4 N–H and O–H groups in total. The van der Waals surface area contributed by atoms with Gasteiger partial charge in [0, 0.05) is 36.1 Å². The second-order valence-corrected chi connectivity index (χ2v) is 7.92. The van der Waals surface area contributed by atoms with Crippen LogP contribution in [-0.4, -0.2) is 35.6 Å². The largest absolute Gasteiger partial charge is 0.418 e. The zero-order valence-electron chi connectivity index (χ0n) is 17.0. The van der Waals surface area contributed by atoms with Gasteiger partial charge in [-0.15, -0.1) is 0 Å².